The van der Waals surface area contributed by atoms with E-state index in [1.54, 1.807) is 21.0 Å². The van der Waals surface area contributed by atoms with Crippen molar-refractivity contribution in [1.29, 1.82) is 0 Å². The fraction of sp³-hybridized carbons (Fsp3) is 0.542. The molecule has 0 aliphatic carbocycles. The zero-order valence-electron chi connectivity index (χ0n) is 21.2. The highest BCUT2D eigenvalue weighted by Crippen LogP contribution is 2.43. The number of sulfone groups is 1. The van der Waals surface area contributed by atoms with Crippen molar-refractivity contribution in [3.63, 3.8) is 0 Å². The maximum Gasteiger partial charge on any atom is 0.239 e. The number of hydrogen-bond donors (Lipinski definition) is 1. The van der Waals surface area contributed by atoms with Crippen molar-refractivity contribution in [3.8, 4) is 17.4 Å². The van der Waals surface area contributed by atoms with Crippen LogP contribution in [0.25, 0.3) is 17.0 Å². The summed E-state index contributed by atoms with van der Waals surface area (Å²) < 4.78 is 43.5. The number of methoxy groups -OCH3 is 1. The minimum Gasteiger partial charge on any atom is -0.497 e. The van der Waals surface area contributed by atoms with E-state index in [-0.39, 0.29) is 6.04 Å². The molecular weight excluding hydrogens is 484 g/mol. The van der Waals surface area contributed by atoms with E-state index in [0.29, 0.717) is 73.3 Å². The Morgan fingerprint density at radius 1 is 1.22 bits per heavy atom. The second-order valence-electron chi connectivity index (χ2n) is 9.59. The summed E-state index contributed by atoms with van der Waals surface area (Å²) in [4.78, 5) is 16.7. The van der Waals surface area contributed by atoms with Gasteiger partial charge in [0.1, 0.15) is 22.8 Å². The Morgan fingerprint density at radius 3 is 2.75 bits per heavy atom. The number of morpholine rings is 1. The number of benzene rings is 1. The third-order valence-electron chi connectivity index (χ3n) is 6.85. The van der Waals surface area contributed by atoms with Crippen LogP contribution >= 0.6 is 0 Å². The summed E-state index contributed by atoms with van der Waals surface area (Å²) >= 11 is 0. The number of nitrogens with one attached hydrogen (secondary N) is 1. The molecule has 1 N–H and O–H groups in total. The first-order valence-corrected chi connectivity index (χ1v) is 13.9. The van der Waals surface area contributed by atoms with Gasteiger partial charge in [-0.1, -0.05) is 6.92 Å². The molecule has 0 amide bonds. The summed E-state index contributed by atoms with van der Waals surface area (Å²) in [6.07, 6.45) is 2.11. The number of fused-ring (bicyclic) bond motifs is 4. The number of hydrogen-bond acceptors (Lipinski definition) is 10. The fourth-order valence-corrected chi connectivity index (χ4v) is 4.92. The third-order valence-corrected chi connectivity index (χ3v) is 8.89. The van der Waals surface area contributed by atoms with E-state index in [4.69, 9.17) is 29.2 Å². The van der Waals surface area contributed by atoms with Crippen LogP contribution in [0.4, 0.5) is 11.8 Å². The van der Waals surface area contributed by atoms with Crippen LogP contribution in [0, 0.1) is 0 Å². The van der Waals surface area contributed by atoms with Gasteiger partial charge in [0, 0.05) is 25.4 Å². The van der Waals surface area contributed by atoms with Crippen LogP contribution in [0.3, 0.4) is 0 Å². The zero-order chi connectivity index (χ0) is 25.7. The van der Waals surface area contributed by atoms with E-state index in [2.05, 4.69) is 17.1 Å². The predicted molar refractivity (Wildman–Crippen MR) is 137 cm³/mol. The molecule has 0 bridgehead atoms. The van der Waals surface area contributed by atoms with Crippen molar-refractivity contribution in [2.24, 2.45) is 0 Å². The Bertz CT molecular complexity index is 1400. The average Bonchev–Trinajstić information content (AvgIpc) is 3.23. The molecule has 0 radical (unpaired) electrons. The lowest BCUT2D eigenvalue weighted by molar-refractivity contribution is 0.0691. The second kappa shape index (κ2) is 9.07. The fourth-order valence-electron chi connectivity index (χ4n) is 4.43. The standard InChI is InChI=1S/C24H32N6O5S/c1-6-9-25-22-26-17-12-16(33-4)7-8-18(17)30(22)23-27-20(24(2,3)36(5,31)32)19-21(28-23)29-10-11-34-13-15(29)14-35-19/h7-8,12,15H,6,9-11,13-14H2,1-5H3,(H,25,26)/t15-/m0/s1. The van der Waals surface area contributed by atoms with E-state index in [1.807, 2.05) is 22.8 Å². The summed E-state index contributed by atoms with van der Waals surface area (Å²) in [6, 6.07) is 5.59. The molecular formula is C24H32N6O5S. The van der Waals surface area contributed by atoms with Crippen LogP contribution in [-0.4, -0.2) is 80.3 Å². The lowest BCUT2D eigenvalue weighted by Crippen LogP contribution is -2.52. The molecule has 2 aliphatic heterocycles. The van der Waals surface area contributed by atoms with Crippen molar-refractivity contribution in [2.75, 3.05) is 56.5 Å². The minimum atomic E-state index is -3.55. The lowest BCUT2D eigenvalue weighted by atomic mass is 10.1. The molecule has 2 aromatic heterocycles. The Morgan fingerprint density at radius 2 is 2.03 bits per heavy atom. The topological polar surface area (TPSA) is 121 Å². The summed E-state index contributed by atoms with van der Waals surface area (Å²) in [6.45, 7) is 8.13. The number of anilines is 2. The summed E-state index contributed by atoms with van der Waals surface area (Å²) in [5.74, 6) is 2.55. The van der Waals surface area contributed by atoms with Gasteiger partial charge in [-0.2, -0.15) is 4.98 Å². The molecule has 2 aliphatic rings. The molecule has 3 aromatic rings. The van der Waals surface area contributed by atoms with E-state index < -0.39 is 14.6 Å². The highest BCUT2D eigenvalue weighted by molar-refractivity contribution is 7.91. The average molecular weight is 517 g/mol. The van der Waals surface area contributed by atoms with Crippen molar-refractivity contribution < 1.29 is 22.6 Å². The van der Waals surface area contributed by atoms with Crippen LogP contribution in [0.2, 0.25) is 0 Å². The van der Waals surface area contributed by atoms with Crippen LogP contribution in [0.5, 0.6) is 11.5 Å². The monoisotopic (exact) mass is 516 g/mol. The van der Waals surface area contributed by atoms with Gasteiger partial charge in [0.05, 0.1) is 37.4 Å². The van der Waals surface area contributed by atoms with Crippen LogP contribution in [0.1, 0.15) is 32.9 Å². The van der Waals surface area contributed by atoms with Gasteiger partial charge in [0.2, 0.25) is 11.9 Å². The Balaban J connectivity index is 1.79. The number of nitrogens with zero attached hydrogens (tertiary/aromatic N) is 5. The summed E-state index contributed by atoms with van der Waals surface area (Å²) in [5.41, 5.74) is 1.80. The highest BCUT2D eigenvalue weighted by Gasteiger charge is 2.43. The van der Waals surface area contributed by atoms with Gasteiger partial charge in [-0.15, -0.1) is 0 Å². The molecule has 11 nitrogen and oxygen atoms in total. The Hall–Kier alpha value is -3.12. The predicted octanol–water partition coefficient (Wildman–Crippen LogP) is 2.52. The maximum absolute atomic E-state index is 12.9. The van der Waals surface area contributed by atoms with Gasteiger partial charge >= 0.3 is 0 Å². The van der Waals surface area contributed by atoms with E-state index in [9.17, 15) is 8.42 Å². The second-order valence-corrected chi connectivity index (χ2v) is 12.2. The SMILES string of the molecule is CCCNc1nc2cc(OC)ccc2n1-c1nc2c(c(C(C)(C)S(C)(=O)=O)n1)OC[C@@H]1COCCN21. The molecule has 194 valence electrons. The first kappa shape index (κ1) is 24.6. The van der Waals surface area contributed by atoms with Crippen molar-refractivity contribution in [1.82, 2.24) is 19.5 Å². The van der Waals surface area contributed by atoms with Crippen LogP contribution < -0.4 is 19.7 Å². The van der Waals surface area contributed by atoms with Gasteiger partial charge in [0.15, 0.2) is 21.4 Å². The summed E-state index contributed by atoms with van der Waals surface area (Å²) in [5, 5.41) is 3.36. The van der Waals surface area contributed by atoms with Crippen molar-refractivity contribution >= 4 is 32.6 Å². The molecule has 1 atom stereocenters. The largest absolute Gasteiger partial charge is 0.497 e. The number of aromatic nitrogens is 4. The molecule has 12 heteroatoms. The molecule has 0 unspecified atom stereocenters. The molecule has 5 rings (SSSR count). The third kappa shape index (κ3) is 4.01. The maximum atomic E-state index is 12.9. The highest BCUT2D eigenvalue weighted by atomic mass is 32.2. The van der Waals surface area contributed by atoms with E-state index >= 15 is 0 Å². The quantitative estimate of drug-likeness (QED) is 0.501. The smallest absolute Gasteiger partial charge is 0.239 e. The zero-order valence-corrected chi connectivity index (χ0v) is 22.1. The van der Waals surface area contributed by atoms with Gasteiger partial charge in [0.25, 0.3) is 0 Å². The molecule has 1 saturated heterocycles. The first-order chi connectivity index (χ1) is 17.2. The summed E-state index contributed by atoms with van der Waals surface area (Å²) in [7, 11) is -1.94. The molecule has 4 heterocycles. The van der Waals surface area contributed by atoms with E-state index in [0.717, 1.165) is 11.9 Å². The molecule has 1 fully saturated rings. The van der Waals surface area contributed by atoms with Gasteiger partial charge < -0.3 is 24.4 Å². The van der Waals surface area contributed by atoms with Gasteiger partial charge in [-0.25, -0.2) is 23.0 Å². The molecule has 0 spiro atoms. The van der Waals surface area contributed by atoms with Gasteiger partial charge in [-0.3, -0.25) is 0 Å². The normalized spacial score (nSPS) is 17.9. The van der Waals surface area contributed by atoms with Crippen LogP contribution in [-0.2, 0) is 19.3 Å². The Kier molecular flexibility index (Phi) is 6.19. The first-order valence-electron chi connectivity index (χ1n) is 12.1. The van der Waals surface area contributed by atoms with Crippen LogP contribution in [0.15, 0.2) is 18.2 Å². The lowest BCUT2D eigenvalue weighted by Gasteiger charge is -2.41. The number of rotatable bonds is 7. The number of ether oxygens (including phenoxy) is 3. The molecule has 36 heavy (non-hydrogen) atoms. The van der Waals surface area contributed by atoms with Crippen molar-refractivity contribution in [2.45, 2.75) is 38.0 Å². The number of imidazole rings is 1. The van der Waals surface area contributed by atoms with Gasteiger partial charge in [-0.05, 0) is 32.4 Å². The van der Waals surface area contributed by atoms with Crippen molar-refractivity contribution in [3.05, 3.63) is 23.9 Å². The molecule has 0 saturated carbocycles. The minimum absolute atomic E-state index is 0.00956. The molecule has 1 aromatic carbocycles. The Labute approximate surface area is 210 Å². The van der Waals surface area contributed by atoms with E-state index in [1.165, 1.54) is 6.26 Å².